The number of rotatable bonds is 3. The second kappa shape index (κ2) is 5.24. The summed E-state index contributed by atoms with van der Waals surface area (Å²) in [5, 5.41) is 2.23. The van der Waals surface area contributed by atoms with Crippen molar-refractivity contribution in [1.29, 1.82) is 0 Å². The van der Waals surface area contributed by atoms with Gasteiger partial charge in [-0.2, -0.15) is 13.2 Å². The molecule has 18 heavy (non-hydrogen) atoms. The molecule has 100 valence electrons. The number of carbonyl (C=O) groups is 1. The van der Waals surface area contributed by atoms with Crippen molar-refractivity contribution in [2.24, 2.45) is 0 Å². The first-order valence-electron chi connectivity index (χ1n) is 5.29. The number of pyridine rings is 1. The van der Waals surface area contributed by atoms with E-state index in [0.717, 1.165) is 0 Å². The van der Waals surface area contributed by atoms with Crippen LogP contribution in [0.1, 0.15) is 29.4 Å². The first-order chi connectivity index (χ1) is 8.19. The van der Waals surface area contributed by atoms with E-state index in [-0.39, 0.29) is 11.3 Å². The molecule has 0 radical (unpaired) electrons. The lowest BCUT2D eigenvalue weighted by atomic mass is 10.1. The van der Waals surface area contributed by atoms with Gasteiger partial charge < -0.3 is 11.1 Å². The molecule has 1 aromatic heterocycles. The molecule has 1 aromatic rings. The first kappa shape index (κ1) is 14.3. The topological polar surface area (TPSA) is 68.0 Å². The monoisotopic (exact) mass is 261 g/mol. The standard InChI is InChI=1S/C11H14F3N3O/c1-6-3-9(15)8(5-16-6)10(18)17-7(2)4-11(12,13)14/h3,5,7H,4H2,1-2H3,(H2,15,16)(H,17,18). The SMILES string of the molecule is Cc1cc(N)c(C(=O)NC(C)CC(F)(F)F)cn1. The number of hydrogen-bond donors (Lipinski definition) is 2. The van der Waals surface area contributed by atoms with Crippen LogP contribution in [0.5, 0.6) is 0 Å². The highest BCUT2D eigenvalue weighted by molar-refractivity contribution is 5.98. The number of halogens is 3. The Balaban J connectivity index is 2.71. The van der Waals surface area contributed by atoms with E-state index in [1.165, 1.54) is 19.2 Å². The highest BCUT2D eigenvalue weighted by Gasteiger charge is 2.30. The van der Waals surface area contributed by atoms with Crippen molar-refractivity contribution in [3.8, 4) is 0 Å². The van der Waals surface area contributed by atoms with Gasteiger partial charge in [-0.05, 0) is 19.9 Å². The van der Waals surface area contributed by atoms with Crippen LogP contribution in [0.4, 0.5) is 18.9 Å². The molecular formula is C11H14F3N3O. The van der Waals surface area contributed by atoms with E-state index in [4.69, 9.17) is 5.73 Å². The number of aryl methyl sites for hydroxylation is 1. The highest BCUT2D eigenvalue weighted by Crippen LogP contribution is 2.21. The maximum atomic E-state index is 12.1. The molecule has 1 rings (SSSR count). The molecule has 0 saturated heterocycles. The van der Waals surface area contributed by atoms with Gasteiger partial charge in [-0.15, -0.1) is 0 Å². The van der Waals surface area contributed by atoms with E-state index in [1.807, 2.05) is 0 Å². The Bertz CT molecular complexity index is 446. The first-order valence-corrected chi connectivity index (χ1v) is 5.29. The maximum Gasteiger partial charge on any atom is 0.391 e. The van der Waals surface area contributed by atoms with Gasteiger partial charge in [-0.25, -0.2) is 0 Å². The number of amides is 1. The Morgan fingerprint density at radius 3 is 2.67 bits per heavy atom. The van der Waals surface area contributed by atoms with Crippen LogP contribution < -0.4 is 11.1 Å². The van der Waals surface area contributed by atoms with E-state index < -0.39 is 24.5 Å². The van der Waals surface area contributed by atoms with Crippen molar-refractivity contribution in [2.45, 2.75) is 32.5 Å². The van der Waals surface area contributed by atoms with Crippen LogP contribution in [0.25, 0.3) is 0 Å². The number of hydrogen-bond acceptors (Lipinski definition) is 3. The van der Waals surface area contributed by atoms with Gasteiger partial charge in [0.25, 0.3) is 5.91 Å². The summed E-state index contributed by atoms with van der Waals surface area (Å²) < 4.78 is 36.3. The molecule has 3 N–H and O–H groups in total. The van der Waals surface area contributed by atoms with E-state index in [9.17, 15) is 18.0 Å². The number of aromatic nitrogens is 1. The molecule has 0 fully saturated rings. The minimum Gasteiger partial charge on any atom is -0.398 e. The van der Waals surface area contributed by atoms with Crippen molar-refractivity contribution in [3.63, 3.8) is 0 Å². The van der Waals surface area contributed by atoms with Crippen LogP contribution in [0, 0.1) is 6.92 Å². The average molecular weight is 261 g/mol. The zero-order valence-electron chi connectivity index (χ0n) is 10.0. The van der Waals surface area contributed by atoms with Crippen LogP contribution in [-0.4, -0.2) is 23.1 Å². The van der Waals surface area contributed by atoms with E-state index in [1.54, 1.807) is 6.92 Å². The lowest BCUT2D eigenvalue weighted by Crippen LogP contribution is -2.36. The molecule has 0 bridgehead atoms. The van der Waals surface area contributed by atoms with E-state index >= 15 is 0 Å². The van der Waals surface area contributed by atoms with Crippen molar-refractivity contribution < 1.29 is 18.0 Å². The summed E-state index contributed by atoms with van der Waals surface area (Å²) in [6.45, 7) is 2.98. The summed E-state index contributed by atoms with van der Waals surface area (Å²) in [7, 11) is 0. The number of alkyl halides is 3. The van der Waals surface area contributed by atoms with Gasteiger partial charge in [0.05, 0.1) is 12.0 Å². The van der Waals surface area contributed by atoms with Crippen molar-refractivity contribution in [1.82, 2.24) is 10.3 Å². The molecule has 0 aliphatic heterocycles. The highest BCUT2D eigenvalue weighted by atomic mass is 19.4. The largest absolute Gasteiger partial charge is 0.398 e. The van der Waals surface area contributed by atoms with Crippen LogP contribution in [0.3, 0.4) is 0 Å². The fourth-order valence-corrected chi connectivity index (χ4v) is 1.47. The average Bonchev–Trinajstić information content (AvgIpc) is 2.13. The van der Waals surface area contributed by atoms with Gasteiger partial charge in [0.15, 0.2) is 0 Å². The number of nitrogens with zero attached hydrogens (tertiary/aromatic N) is 1. The minimum atomic E-state index is -4.32. The van der Waals surface area contributed by atoms with Gasteiger partial charge >= 0.3 is 6.18 Å². The summed E-state index contributed by atoms with van der Waals surface area (Å²) >= 11 is 0. The zero-order chi connectivity index (χ0) is 13.9. The van der Waals surface area contributed by atoms with E-state index in [2.05, 4.69) is 10.3 Å². The molecule has 0 saturated carbocycles. The van der Waals surface area contributed by atoms with Gasteiger partial charge in [-0.1, -0.05) is 0 Å². The Morgan fingerprint density at radius 1 is 1.56 bits per heavy atom. The Morgan fingerprint density at radius 2 is 2.17 bits per heavy atom. The summed E-state index contributed by atoms with van der Waals surface area (Å²) in [5.74, 6) is -0.656. The van der Waals surface area contributed by atoms with Crippen LogP contribution in [-0.2, 0) is 0 Å². The van der Waals surface area contributed by atoms with Crippen LogP contribution in [0.2, 0.25) is 0 Å². The summed E-state index contributed by atoms with van der Waals surface area (Å²) in [4.78, 5) is 15.6. The summed E-state index contributed by atoms with van der Waals surface area (Å²) in [6, 6.07) is 0.474. The van der Waals surface area contributed by atoms with Crippen molar-refractivity contribution in [2.75, 3.05) is 5.73 Å². The molecule has 0 spiro atoms. The fraction of sp³-hybridized carbons (Fsp3) is 0.455. The molecule has 0 aromatic carbocycles. The lowest BCUT2D eigenvalue weighted by Gasteiger charge is -2.16. The molecule has 1 amide bonds. The summed E-state index contributed by atoms with van der Waals surface area (Å²) in [6.07, 6.45) is -4.15. The Hall–Kier alpha value is -1.79. The number of anilines is 1. The van der Waals surface area contributed by atoms with Gasteiger partial charge in [0.1, 0.15) is 0 Å². The van der Waals surface area contributed by atoms with Crippen molar-refractivity contribution >= 4 is 11.6 Å². The Kier molecular flexibility index (Phi) is 4.15. The van der Waals surface area contributed by atoms with E-state index in [0.29, 0.717) is 5.69 Å². The zero-order valence-corrected chi connectivity index (χ0v) is 10.0. The number of nitrogens with one attached hydrogen (secondary N) is 1. The second-order valence-corrected chi connectivity index (χ2v) is 4.11. The molecule has 1 atom stereocenters. The normalized spacial score (nSPS) is 13.2. The van der Waals surface area contributed by atoms with Gasteiger partial charge in [0.2, 0.25) is 0 Å². The number of nitrogens with two attached hydrogens (primary N) is 1. The smallest absolute Gasteiger partial charge is 0.391 e. The number of carbonyl (C=O) groups excluding carboxylic acids is 1. The third-order valence-electron chi connectivity index (χ3n) is 2.23. The maximum absolute atomic E-state index is 12.1. The molecular weight excluding hydrogens is 247 g/mol. The van der Waals surface area contributed by atoms with Gasteiger partial charge in [0, 0.05) is 23.6 Å². The predicted molar refractivity (Wildman–Crippen MR) is 61.0 cm³/mol. The molecule has 1 heterocycles. The molecule has 1 unspecified atom stereocenters. The quantitative estimate of drug-likeness (QED) is 0.874. The third kappa shape index (κ3) is 4.23. The second-order valence-electron chi connectivity index (χ2n) is 4.11. The molecule has 7 heteroatoms. The third-order valence-corrected chi connectivity index (χ3v) is 2.23. The lowest BCUT2D eigenvalue weighted by molar-refractivity contribution is -0.138. The molecule has 0 aliphatic carbocycles. The summed E-state index contributed by atoms with van der Waals surface area (Å²) in [5.41, 5.74) is 6.51. The van der Waals surface area contributed by atoms with Crippen LogP contribution >= 0.6 is 0 Å². The molecule has 0 aliphatic rings. The number of nitrogen functional groups attached to an aromatic ring is 1. The minimum absolute atomic E-state index is 0.0784. The fourth-order valence-electron chi connectivity index (χ4n) is 1.47. The predicted octanol–water partition coefficient (Wildman–Crippen LogP) is 2.04. The van der Waals surface area contributed by atoms with Gasteiger partial charge in [-0.3, -0.25) is 9.78 Å². The van der Waals surface area contributed by atoms with Crippen molar-refractivity contribution in [3.05, 3.63) is 23.5 Å². The Labute approximate surface area is 102 Å². The van der Waals surface area contributed by atoms with Crippen LogP contribution in [0.15, 0.2) is 12.3 Å². The molecule has 4 nitrogen and oxygen atoms in total.